The Kier molecular flexibility index (Phi) is 7.64. The molecule has 0 saturated carbocycles. The van der Waals surface area contributed by atoms with Crippen molar-refractivity contribution in [2.24, 2.45) is 0 Å². The number of benzene rings is 1. The van der Waals surface area contributed by atoms with Gasteiger partial charge in [-0.05, 0) is 51.8 Å². The van der Waals surface area contributed by atoms with Crippen LogP contribution >= 0.6 is 11.6 Å². The second-order valence-corrected chi connectivity index (χ2v) is 9.30. The first-order valence-corrected chi connectivity index (χ1v) is 9.60. The molecule has 0 amide bonds. The number of anilines is 1. The van der Waals surface area contributed by atoms with Crippen LogP contribution in [0.15, 0.2) is 18.2 Å². The third kappa shape index (κ3) is 6.57. The Bertz CT molecular complexity index is 598. The molecule has 1 aromatic rings. The molecular formula is C16H27ClN2O3S. The van der Waals surface area contributed by atoms with Crippen molar-refractivity contribution in [3.63, 3.8) is 0 Å². The van der Waals surface area contributed by atoms with Gasteiger partial charge >= 0.3 is 0 Å². The quantitative estimate of drug-likeness (QED) is 0.658. The Hall–Kier alpha value is -0.980. The largest absolute Gasteiger partial charge is 0.495 e. The minimum absolute atomic E-state index is 0.472. The third-order valence-electron chi connectivity index (χ3n) is 3.43. The van der Waals surface area contributed by atoms with Crippen molar-refractivity contribution in [3.8, 4) is 5.75 Å². The van der Waals surface area contributed by atoms with Crippen molar-refractivity contribution >= 4 is 27.3 Å². The van der Waals surface area contributed by atoms with E-state index in [-0.39, 0.29) is 0 Å². The zero-order valence-corrected chi connectivity index (χ0v) is 15.9. The predicted octanol–water partition coefficient (Wildman–Crippen LogP) is 3.65. The van der Waals surface area contributed by atoms with E-state index in [2.05, 4.69) is 10.0 Å². The normalized spacial score (nSPS) is 12.2. The fraction of sp³-hybridized carbons (Fsp3) is 0.625. The van der Waals surface area contributed by atoms with Crippen molar-refractivity contribution < 1.29 is 13.2 Å². The Morgan fingerprint density at radius 3 is 2.39 bits per heavy atom. The molecule has 0 spiro atoms. The average Bonchev–Trinajstić information content (AvgIpc) is 2.45. The first-order chi connectivity index (χ1) is 10.7. The van der Waals surface area contributed by atoms with Crippen molar-refractivity contribution in [1.82, 2.24) is 4.72 Å². The number of unbranched alkanes of at least 4 members (excludes halogenated alkanes) is 2. The fourth-order valence-corrected chi connectivity index (χ4v) is 2.91. The number of nitrogens with one attached hydrogen (secondary N) is 2. The van der Waals surface area contributed by atoms with E-state index in [0.717, 1.165) is 37.2 Å². The molecule has 0 aromatic heterocycles. The highest BCUT2D eigenvalue weighted by Gasteiger charge is 2.27. The summed E-state index contributed by atoms with van der Waals surface area (Å²) in [6.45, 7) is 6.33. The van der Waals surface area contributed by atoms with Gasteiger partial charge in [0.05, 0.1) is 17.5 Å². The molecule has 0 fully saturated rings. The van der Waals surface area contributed by atoms with Crippen molar-refractivity contribution in [2.75, 3.05) is 25.5 Å². The summed E-state index contributed by atoms with van der Waals surface area (Å²) in [5.74, 6) is 0.757. The standard InChI is InChI=1S/C16H27ClN2O3S/c1-16(2,3)23(20,21)19-11-7-5-6-10-18-14-12-13(17)8-9-15(14)22-4/h8-9,12,18-19H,5-7,10-11H2,1-4H3. The van der Waals surface area contributed by atoms with Crippen LogP contribution in [0.4, 0.5) is 5.69 Å². The lowest BCUT2D eigenvalue weighted by molar-refractivity contribution is 0.416. The summed E-state index contributed by atoms with van der Waals surface area (Å²) < 4.78 is 30.9. The molecule has 1 rings (SSSR count). The average molecular weight is 363 g/mol. The number of hydrogen-bond donors (Lipinski definition) is 2. The van der Waals surface area contributed by atoms with Crippen LogP contribution in [0.3, 0.4) is 0 Å². The van der Waals surface area contributed by atoms with Gasteiger partial charge < -0.3 is 10.1 Å². The number of methoxy groups -OCH3 is 1. The first kappa shape index (κ1) is 20.1. The van der Waals surface area contributed by atoms with Gasteiger partial charge in [0.1, 0.15) is 5.75 Å². The zero-order valence-electron chi connectivity index (χ0n) is 14.3. The Morgan fingerprint density at radius 2 is 1.78 bits per heavy atom. The van der Waals surface area contributed by atoms with Gasteiger partial charge in [0.2, 0.25) is 10.0 Å². The maximum absolute atomic E-state index is 11.9. The van der Waals surface area contributed by atoms with Crippen LogP contribution < -0.4 is 14.8 Å². The van der Waals surface area contributed by atoms with Crippen LogP contribution in [-0.2, 0) is 10.0 Å². The molecule has 0 bridgehead atoms. The minimum atomic E-state index is -3.24. The molecule has 0 aliphatic carbocycles. The molecular weight excluding hydrogens is 336 g/mol. The lowest BCUT2D eigenvalue weighted by atomic mass is 10.2. The van der Waals surface area contributed by atoms with Crippen molar-refractivity contribution in [1.29, 1.82) is 0 Å². The molecule has 1 aromatic carbocycles. The molecule has 5 nitrogen and oxygen atoms in total. The summed E-state index contributed by atoms with van der Waals surface area (Å²) in [6.07, 6.45) is 2.68. The first-order valence-electron chi connectivity index (χ1n) is 7.74. The van der Waals surface area contributed by atoms with Crippen LogP contribution in [0.5, 0.6) is 5.75 Å². The van der Waals surface area contributed by atoms with Gasteiger partial charge in [-0.1, -0.05) is 18.0 Å². The summed E-state index contributed by atoms with van der Waals surface area (Å²) >= 11 is 5.97. The van der Waals surface area contributed by atoms with Crippen molar-refractivity contribution in [3.05, 3.63) is 23.2 Å². The maximum Gasteiger partial charge on any atom is 0.216 e. The highest BCUT2D eigenvalue weighted by atomic mass is 35.5. The molecule has 132 valence electrons. The highest BCUT2D eigenvalue weighted by Crippen LogP contribution is 2.27. The molecule has 23 heavy (non-hydrogen) atoms. The Labute approximate surface area is 144 Å². The van der Waals surface area contributed by atoms with Gasteiger partial charge in [-0.3, -0.25) is 0 Å². The van der Waals surface area contributed by atoms with Crippen LogP contribution in [0, 0.1) is 0 Å². The van der Waals surface area contributed by atoms with Crippen molar-refractivity contribution in [2.45, 2.75) is 44.8 Å². The summed E-state index contributed by atoms with van der Waals surface area (Å²) in [5, 5.41) is 3.95. The van der Waals surface area contributed by atoms with E-state index in [4.69, 9.17) is 16.3 Å². The predicted molar refractivity (Wildman–Crippen MR) is 97.0 cm³/mol. The summed E-state index contributed by atoms with van der Waals surface area (Å²) in [7, 11) is -1.62. The van der Waals surface area contributed by atoms with Gasteiger partial charge in [-0.2, -0.15) is 0 Å². The van der Waals surface area contributed by atoms with Crippen LogP contribution in [0.2, 0.25) is 5.02 Å². The van der Waals surface area contributed by atoms with Gasteiger partial charge in [0, 0.05) is 18.1 Å². The van der Waals surface area contributed by atoms with E-state index in [0.29, 0.717) is 11.6 Å². The monoisotopic (exact) mass is 362 g/mol. The number of hydrogen-bond acceptors (Lipinski definition) is 4. The number of rotatable bonds is 9. The topological polar surface area (TPSA) is 67.4 Å². The zero-order chi connectivity index (χ0) is 17.5. The molecule has 7 heteroatoms. The van der Waals surface area contributed by atoms with E-state index >= 15 is 0 Å². The summed E-state index contributed by atoms with van der Waals surface area (Å²) in [4.78, 5) is 0. The molecule has 0 atom stereocenters. The van der Waals surface area contributed by atoms with E-state index in [1.807, 2.05) is 12.1 Å². The molecule has 0 aliphatic rings. The van der Waals surface area contributed by atoms with Gasteiger partial charge in [0.25, 0.3) is 0 Å². The van der Waals surface area contributed by atoms with Gasteiger partial charge in [0.15, 0.2) is 0 Å². The number of ether oxygens (including phenoxy) is 1. The summed E-state index contributed by atoms with van der Waals surface area (Å²) in [6, 6.07) is 5.44. The SMILES string of the molecule is COc1ccc(Cl)cc1NCCCCCNS(=O)(=O)C(C)(C)C. The molecule has 0 heterocycles. The molecule has 0 unspecified atom stereocenters. The van der Waals surface area contributed by atoms with E-state index in [1.54, 1.807) is 33.9 Å². The molecule has 0 aliphatic heterocycles. The minimum Gasteiger partial charge on any atom is -0.495 e. The Morgan fingerprint density at radius 1 is 1.13 bits per heavy atom. The molecule has 0 radical (unpaired) electrons. The lowest BCUT2D eigenvalue weighted by Crippen LogP contribution is -2.39. The van der Waals surface area contributed by atoms with E-state index in [1.165, 1.54) is 0 Å². The van der Waals surface area contributed by atoms with E-state index < -0.39 is 14.8 Å². The van der Waals surface area contributed by atoms with Gasteiger partial charge in [-0.15, -0.1) is 0 Å². The number of sulfonamides is 1. The highest BCUT2D eigenvalue weighted by molar-refractivity contribution is 7.90. The maximum atomic E-state index is 11.9. The van der Waals surface area contributed by atoms with Crippen LogP contribution in [0.1, 0.15) is 40.0 Å². The van der Waals surface area contributed by atoms with Gasteiger partial charge in [-0.25, -0.2) is 13.1 Å². The molecule has 2 N–H and O–H groups in total. The van der Waals surface area contributed by atoms with Crippen LogP contribution in [0.25, 0.3) is 0 Å². The fourth-order valence-electron chi connectivity index (χ4n) is 1.89. The lowest BCUT2D eigenvalue weighted by Gasteiger charge is -2.19. The second-order valence-electron chi connectivity index (χ2n) is 6.34. The Balaban J connectivity index is 2.26. The number of halogens is 1. The van der Waals surface area contributed by atoms with E-state index in [9.17, 15) is 8.42 Å². The second kappa shape index (κ2) is 8.76. The summed E-state index contributed by atoms with van der Waals surface area (Å²) in [5.41, 5.74) is 0.869. The van der Waals surface area contributed by atoms with Crippen LogP contribution in [-0.4, -0.2) is 33.4 Å². The molecule has 0 saturated heterocycles. The third-order valence-corrected chi connectivity index (χ3v) is 5.86. The smallest absolute Gasteiger partial charge is 0.216 e.